The lowest BCUT2D eigenvalue weighted by Crippen LogP contribution is -2.02. The first-order valence-corrected chi connectivity index (χ1v) is 5.93. The van der Waals surface area contributed by atoms with Gasteiger partial charge in [-0.1, -0.05) is 25.1 Å². The fourth-order valence-corrected chi connectivity index (χ4v) is 1.46. The molecule has 2 aromatic rings. The highest BCUT2D eigenvalue weighted by Gasteiger charge is 2.04. The van der Waals surface area contributed by atoms with Gasteiger partial charge in [0.2, 0.25) is 5.88 Å². The molecule has 2 rings (SSSR count). The minimum atomic E-state index is -0.397. The van der Waals surface area contributed by atoms with E-state index in [-0.39, 0.29) is 5.75 Å². The largest absolute Gasteiger partial charge is 0.436 e. The topological polar surface area (TPSA) is 34.1 Å². The molecule has 0 atom stereocenters. The van der Waals surface area contributed by atoms with E-state index in [1.165, 1.54) is 6.07 Å². The van der Waals surface area contributed by atoms with Crippen molar-refractivity contribution in [1.29, 1.82) is 0 Å². The highest BCUT2D eigenvalue weighted by Crippen LogP contribution is 2.23. The quantitative estimate of drug-likeness (QED) is 0.870. The van der Waals surface area contributed by atoms with Crippen molar-refractivity contribution in [3.63, 3.8) is 0 Å². The first kappa shape index (κ1) is 12.4. The SMILES string of the molecule is CCCNc1cccc(Oc2ccccc2F)n1. The number of para-hydroxylation sites is 1. The predicted octanol–water partition coefficient (Wildman–Crippen LogP) is 3.83. The van der Waals surface area contributed by atoms with Crippen LogP contribution in [0.5, 0.6) is 11.6 Å². The van der Waals surface area contributed by atoms with E-state index in [1.807, 2.05) is 12.1 Å². The minimum absolute atomic E-state index is 0.178. The molecule has 94 valence electrons. The van der Waals surface area contributed by atoms with Gasteiger partial charge in [-0.2, -0.15) is 4.98 Å². The summed E-state index contributed by atoms with van der Waals surface area (Å²) >= 11 is 0. The lowest BCUT2D eigenvalue weighted by molar-refractivity contribution is 0.428. The summed E-state index contributed by atoms with van der Waals surface area (Å²) in [4.78, 5) is 4.25. The second kappa shape index (κ2) is 6.00. The monoisotopic (exact) mass is 246 g/mol. The highest BCUT2D eigenvalue weighted by atomic mass is 19.1. The van der Waals surface area contributed by atoms with Crippen LogP contribution in [0.1, 0.15) is 13.3 Å². The van der Waals surface area contributed by atoms with Crippen LogP contribution in [0.4, 0.5) is 10.2 Å². The van der Waals surface area contributed by atoms with Crippen molar-refractivity contribution in [2.75, 3.05) is 11.9 Å². The number of anilines is 1. The molecule has 0 bridgehead atoms. The van der Waals surface area contributed by atoms with Gasteiger partial charge in [0, 0.05) is 12.6 Å². The standard InChI is InChI=1S/C14H15FN2O/c1-2-10-16-13-8-5-9-14(17-13)18-12-7-4-3-6-11(12)15/h3-9H,2,10H2,1H3,(H,16,17). The van der Waals surface area contributed by atoms with Gasteiger partial charge in [0.25, 0.3) is 0 Å². The van der Waals surface area contributed by atoms with E-state index in [0.29, 0.717) is 5.88 Å². The summed E-state index contributed by atoms with van der Waals surface area (Å²) in [6.45, 7) is 2.92. The number of nitrogens with one attached hydrogen (secondary N) is 1. The molecule has 0 saturated carbocycles. The van der Waals surface area contributed by atoms with Gasteiger partial charge < -0.3 is 10.1 Å². The third-order valence-electron chi connectivity index (χ3n) is 2.33. The molecule has 0 fully saturated rings. The maximum Gasteiger partial charge on any atom is 0.221 e. The Bertz CT molecular complexity index is 517. The van der Waals surface area contributed by atoms with Gasteiger partial charge in [-0.3, -0.25) is 0 Å². The summed E-state index contributed by atoms with van der Waals surface area (Å²) < 4.78 is 18.8. The molecule has 0 amide bonds. The van der Waals surface area contributed by atoms with Crippen LogP contribution in [0.2, 0.25) is 0 Å². The van der Waals surface area contributed by atoms with Crippen LogP contribution >= 0.6 is 0 Å². The van der Waals surface area contributed by atoms with Crippen LogP contribution in [-0.2, 0) is 0 Å². The molecule has 0 radical (unpaired) electrons. The zero-order valence-electron chi connectivity index (χ0n) is 10.2. The van der Waals surface area contributed by atoms with Gasteiger partial charge in [-0.15, -0.1) is 0 Å². The number of pyridine rings is 1. The number of aromatic nitrogens is 1. The first-order valence-electron chi connectivity index (χ1n) is 5.93. The maximum absolute atomic E-state index is 13.4. The summed E-state index contributed by atoms with van der Waals surface area (Å²) in [6, 6.07) is 11.6. The average Bonchev–Trinajstić information content (AvgIpc) is 2.40. The molecule has 3 nitrogen and oxygen atoms in total. The van der Waals surface area contributed by atoms with Crippen molar-refractivity contribution in [2.24, 2.45) is 0 Å². The van der Waals surface area contributed by atoms with Gasteiger partial charge in [0.1, 0.15) is 5.82 Å². The molecule has 0 spiro atoms. The average molecular weight is 246 g/mol. The van der Waals surface area contributed by atoms with Crippen molar-refractivity contribution in [3.8, 4) is 11.6 Å². The molecular formula is C14H15FN2O. The van der Waals surface area contributed by atoms with Crippen LogP contribution < -0.4 is 10.1 Å². The Morgan fingerprint density at radius 3 is 2.78 bits per heavy atom. The number of benzene rings is 1. The number of nitrogens with zero attached hydrogens (tertiary/aromatic N) is 1. The summed E-state index contributed by atoms with van der Waals surface area (Å²) in [7, 11) is 0. The molecule has 4 heteroatoms. The summed E-state index contributed by atoms with van der Waals surface area (Å²) in [6.07, 6.45) is 1.01. The van der Waals surface area contributed by atoms with Crippen molar-refractivity contribution in [1.82, 2.24) is 4.98 Å². The minimum Gasteiger partial charge on any atom is -0.436 e. The summed E-state index contributed by atoms with van der Waals surface area (Å²) in [5.41, 5.74) is 0. The van der Waals surface area contributed by atoms with E-state index in [2.05, 4.69) is 17.2 Å². The molecule has 0 aliphatic heterocycles. The number of hydrogen-bond acceptors (Lipinski definition) is 3. The van der Waals surface area contributed by atoms with Crippen LogP contribution in [-0.4, -0.2) is 11.5 Å². The van der Waals surface area contributed by atoms with E-state index in [4.69, 9.17) is 4.74 Å². The number of halogens is 1. The Hall–Kier alpha value is -2.10. The number of rotatable bonds is 5. The molecule has 18 heavy (non-hydrogen) atoms. The van der Waals surface area contributed by atoms with Crippen LogP contribution in [0, 0.1) is 5.82 Å². The Balaban J connectivity index is 2.12. The zero-order chi connectivity index (χ0) is 12.8. The summed E-state index contributed by atoms with van der Waals surface area (Å²) in [5.74, 6) is 0.885. The summed E-state index contributed by atoms with van der Waals surface area (Å²) in [5, 5.41) is 3.15. The van der Waals surface area contributed by atoms with Gasteiger partial charge in [0.15, 0.2) is 11.6 Å². The second-order valence-corrected chi connectivity index (χ2v) is 3.82. The smallest absolute Gasteiger partial charge is 0.221 e. The van der Waals surface area contributed by atoms with E-state index in [1.54, 1.807) is 24.3 Å². The Kier molecular flexibility index (Phi) is 4.12. The molecule has 0 aliphatic rings. The van der Waals surface area contributed by atoms with Crippen molar-refractivity contribution in [2.45, 2.75) is 13.3 Å². The lowest BCUT2D eigenvalue weighted by atomic mass is 10.3. The third-order valence-corrected chi connectivity index (χ3v) is 2.33. The fourth-order valence-electron chi connectivity index (χ4n) is 1.46. The third kappa shape index (κ3) is 3.20. The van der Waals surface area contributed by atoms with E-state index in [9.17, 15) is 4.39 Å². The first-order chi connectivity index (χ1) is 8.79. The molecular weight excluding hydrogens is 231 g/mol. The predicted molar refractivity (Wildman–Crippen MR) is 69.5 cm³/mol. The number of ether oxygens (including phenoxy) is 1. The van der Waals surface area contributed by atoms with Gasteiger partial charge >= 0.3 is 0 Å². The Morgan fingerprint density at radius 2 is 2.00 bits per heavy atom. The molecule has 1 aromatic carbocycles. The molecule has 1 heterocycles. The van der Waals surface area contributed by atoms with Crippen molar-refractivity contribution in [3.05, 3.63) is 48.3 Å². The normalized spacial score (nSPS) is 10.1. The number of hydrogen-bond donors (Lipinski definition) is 1. The van der Waals surface area contributed by atoms with Gasteiger partial charge in [-0.25, -0.2) is 4.39 Å². The van der Waals surface area contributed by atoms with Crippen molar-refractivity contribution >= 4 is 5.82 Å². The van der Waals surface area contributed by atoms with Crippen LogP contribution in [0.3, 0.4) is 0 Å². The second-order valence-electron chi connectivity index (χ2n) is 3.82. The maximum atomic E-state index is 13.4. The van der Waals surface area contributed by atoms with Crippen LogP contribution in [0.25, 0.3) is 0 Å². The van der Waals surface area contributed by atoms with Gasteiger partial charge in [0.05, 0.1) is 0 Å². The molecule has 1 aromatic heterocycles. The van der Waals surface area contributed by atoms with E-state index < -0.39 is 5.82 Å². The Labute approximate surface area is 106 Å². The highest BCUT2D eigenvalue weighted by molar-refractivity contribution is 5.38. The zero-order valence-corrected chi connectivity index (χ0v) is 10.2. The van der Waals surface area contributed by atoms with E-state index >= 15 is 0 Å². The van der Waals surface area contributed by atoms with Crippen LogP contribution in [0.15, 0.2) is 42.5 Å². The molecule has 0 aliphatic carbocycles. The molecule has 0 unspecified atom stereocenters. The van der Waals surface area contributed by atoms with E-state index in [0.717, 1.165) is 18.8 Å². The molecule has 0 saturated heterocycles. The fraction of sp³-hybridized carbons (Fsp3) is 0.214. The van der Waals surface area contributed by atoms with Gasteiger partial charge in [-0.05, 0) is 24.6 Å². The molecule has 1 N–H and O–H groups in total. The lowest BCUT2D eigenvalue weighted by Gasteiger charge is -2.08. The Morgan fingerprint density at radius 1 is 1.17 bits per heavy atom. The van der Waals surface area contributed by atoms with Crippen molar-refractivity contribution < 1.29 is 9.13 Å².